The number of likely N-dealkylation sites (tertiary alicyclic amines) is 1. The number of hydrogen-bond donors (Lipinski definition) is 4. The zero-order valence-electron chi connectivity index (χ0n) is 28.6. The van der Waals surface area contributed by atoms with Crippen LogP contribution in [0.25, 0.3) is 0 Å². The van der Waals surface area contributed by atoms with Crippen LogP contribution in [0.4, 0.5) is 4.79 Å². The van der Waals surface area contributed by atoms with Gasteiger partial charge in [0.15, 0.2) is 0 Å². The van der Waals surface area contributed by atoms with E-state index in [-0.39, 0.29) is 12.5 Å². The van der Waals surface area contributed by atoms with Crippen molar-refractivity contribution in [2.45, 2.75) is 77.3 Å². The average molecular weight is 736 g/mol. The number of aliphatic hydroxyl groups is 2. The van der Waals surface area contributed by atoms with Crippen LogP contribution in [0.1, 0.15) is 61.9 Å². The van der Waals surface area contributed by atoms with Crippen LogP contribution in [-0.2, 0) is 33.7 Å². The van der Waals surface area contributed by atoms with E-state index in [2.05, 4.69) is 26.7 Å². The maximum absolute atomic E-state index is 14.6. The maximum Gasteiger partial charge on any atom is 0.407 e. The number of nitrogens with zero attached hydrogens (tertiary/aromatic N) is 2. The summed E-state index contributed by atoms with van der Waals surface area (Å²) in [6, 6.07) is 23.8. The lowest BCUT2D eigenvalue weighted by Crippen LogP contribution is -2.57. The lowest BCUT2D eigenvalue weighted by atomic mass is 9.74. The Kier molecular flexibility index (Phi) is 11.5. The minimum absolute atomic E-state index is 0.119. The fourth-order valence-corrected chi connectivity index (χ4v) is 7.46. The SMILES string of the molecule is COC(=O)N[C@H](C(=O)NN(CCC[C@@]1(Cc2ccccc2)C(=O)N([C@H]2c3ccccc3C[C@H]2O)C[C@H]1O)Cc1ccc(Br)cc1)C(C)(C)C. The van der Waals surface area contributed by atoms with Gasteiger partial charge < -0.3 is 25.2 Å². The third-order valence-electron chi connectivity index (χ3n) is 9.74. The lowest BCUT2D eigenvalue weighted by Gasteiger charge is -2.34. The number of benzene rings is 3. The topological polar surface area (TPSA) is 131 Å². The van der Waals surface area contributed by atoms with Crippen molar-refractivity contribution in [1.82, 2.24) is 20.7 Å². The third-order valence-corrected chi connectivity index (χ3v) is 10.3. The van der Waals surface area contributed by atoms with Crippen LogP contribution in [0.3, 0.4) is 0 Å². The summed E-state index contributed by atoms with van der Waals surface area (Å²) in [5.41, 5.74) is 5.09. The third kappa shape index (κ3) is 8.34. The molecule has 3 aromatic rings. The molecule has 1 heterocycles. The van der Waals surface area contributed by atoms with Crippen LogP contribution in [0.2, 0.25) is 0 Å². The van der Waals surface area contributed by atoms with Crippen molar-refractivity contribution in [2.24, 2.45) is 10.8 Å². The number of nitrogens with one attached hydrogen (secondary N) is 2. The number of rotatable bonds is 12. The minimum atomic E-state index is -1.13. The van der Waals surface area contributed by atoms with Crippen molar-refractivity contribution in [3.63, 3.8) is 0 Å². The van der Waals surface area contributed by atoms with Crippen molar-refractivity contribution in [1.29, 1.82) is 0 Å². The highest BCUT2D eigenvalue weighted by Gasteiger charge is 2.56. The van der Waals surface area contributed by atoms with Crippen molar-refractivity contribution in [2.75, 3.05) is 20.2 Å². The van der Waals surface area contributed by atoms with Gasteiger partial charge >= 0.3 is 6.09 Å². The highest BCUT2D eigenvalue weighted by atomic mass is 79.9. The van der Waals surface area contributed by atoms with Gasteiger partial charge in [0.05, 0.1) is 30.8 Å². The Hall–Kier alpha value is -3.77. The van der Waals surface area contributed by atoms with Crippen molar-refractivity contribution in [3.05, 3.63) is 106 Å². The minimum Gasteiger partial charge on any atom is -0.453 e. The van der Waals surface area contributed by atoms with Crippen LogP contribution >= 0.6 is 15.9 Å². The van der Waals surface area contributed by atoms with Gasteiger partial charge in [-0.1, -0.05) is 103 Å². The summed E-state index contributed by atoms with van der Waals surface area (Å²) in [5, 5.41) is 27.4. The van der Waals surface area contributed by atoms with E-state index in [1.54, 1.807) is 9.91 Å². The van der Waals surface area contributed by atoms with Gasteiger partial charge in [0.2, 0.25) is 5.91 Å². The second-order valence-corrected chi connectivity index (χ2v) is 15.2. The molecule has 11 heteroatoms. The molecule has 0 spiro atoms. The smallest absolute Gasteiger partial charge is 0.407 e. The van der Waals surface area contributed by atoms with E-state index >= 15 is 0 Å². The van der Waals surface area contributed by atoms with Crippen LogP contribution < -0.4 is 10.7 Å². The molecule has 0 unspecified atom stereocenters. The fourth-order valence-electron chi connectivity index (χ4n) is 7.20. The molecule has 49 heavy (non-hydrogen) atoms. The number of hydrazine groups is 1. The quantitative estimate of drug-likeness (QED) is 0.194. The molecule has 0 saturated carbocycles. The van der Waals surface area contributed by atoms with Crippen LogP contribution in [0, 0.1) is 10.8 Å². The van der Waals surface area contributed by atoms with Gasteiger partial charge in [0, 0.05) is 30.5 Å². The zero-order valence-corrected chi connectivity index (χ0v) is 30.2. The Balaban J connectivity index is 1.40. The molecule has 3 amide bonds. The highest BCUT2D eigenvalue weighted by molar-refractivity contribution is 9.10. The number of β-amino-alcohol motifs (C(OH)–C–C–N with tert-alkyl or cyclic N) is 1. The number of alkyl carbamates (subject to hydrolysis) is 1. The van der Waals surface area contributed by atoms with Crippen LogP contribution in [-0.4, -0.2) is 76.5 Å². The molecule has 1 fully saturated rings. The van der Waals surface area contributed by atoms with Crippen LogP contribution in [0.5, 0.6) is 0 Å². The lowest BCUT2D eigenvalue weighted by molar-refractivity contribution is -0.142. The summed E-state index contributed by atoms with van der Waals surface area (Å²) >= 11 is 3.48. The number of methoxy groups -OCH3 is 1. The zero-order chi connectivity index (χ0) is 35.3. The first-order valence-corrected chi connectivity index (χ1v) is 17.5. The van der Waals surface area contributed by atoms with E-state index in [0.717, 1.165) is 26.7 Å². The van der Waals surface area contributed by atoms with E-state index in [1.165, 1.54) is 7.11 Å². The number of amides is 3. The van der Waals surface area contributed by atoms with Gasteiger partial charge in [0.25, 0.3) is 5.91 Å². The molecule has 0 bridgehead atoms. The number of ether oxygens (including phenoxy) is 1. The normalized spacial score (nSPS) is 22.6. The molecule has 1 aliphatic heterocycles. The largest absolute Gasteiger partial charge is 0.453 e. The molecule has 262 valence electrons. The monoisotopic (exact) mass is 734 g/mol. The van der Waals surface area contributed by atoms with Gasteiger partial charge in [-0.05, 0) is 59.1 Å². The molecular weight excluding hydrogens is 688 g/mol. The molecule has 1 saturated heterocycles. The molecule has 2 aliphatic rings. The summed E-state index contributed by atoms with van der Waals surface area (Å²) in [7, 11) is 1.25. The second kappa shape index (κ2) is 15.4. The number of fused-ring (bicyclic) bond motifs is 1. The fraction of sp³-hybridized carbons (Fsp3) is 0.447. The Morgan fingerprint density at radius 2 is 1.69 bits per heavy atom. The molecule has 5 rings (SSSR count). The molecule has 1 aliphatic carbocycles. The summed E-state index contributed by atoms with van der Waals surface area (Å²) in [6.07, 6.45) is -0.824. The second-order valence-electron chi connectivity index (χ2n) is 14.3. The highest BCUT2D eigenvalue weighted by Crippen LogP contribution is 2.46. The van der Waals surface area contributed by atoms with Gasteiger partial charge in [-0.2, -0.15) is 0 Å². The molecule has 0 aromatic heterocycles. The van der Waals surface area contributed by atoms with E-state index in [1.807, 2.05) is 99.6 Å². The summed E-state index contributed by atoms with van der Waals surface area (Å²) in [6.45, 7) is 6.43. The molecular formula is C38H47BrN4O6. The van der Waals surface area contributed by atoms with Crippen LogP contribution in [0.15, 0.2) is 83.3 Å². The van der Waals surface area contributed by atoms with E-state index < -0.39 is 47.1 Å². The molecule has 5 atom stereocenters. The Bertz CT molecular complexity index is 1610. The van der Waals surface area contributed by atoms with E-state index in [0.29, 0.717) is 38.8 Å². The average Bonchev–Trinajstić information content (AvgIpc) is 3.52. The van der Waals surface area contributed by atoms with Gasteiger partial charge in [-0.15, -0.1) is 0 Å². The predicted molar refractivity (Wildman–Crippen MR) is 190 cm³/mol. The van der Waals surface area contributed by atoms with Crippen molar-refractivity contribution in [3.8, 4) is 0 Å². The first-order chi connectivity index (χ1) is 23.3. The number of carbonyl (C=O) groups is 3. The summed E-state index contributed by atoms with van der Waals surface area (Å²) < 4.78 is 5.72. The molecule has 0 radical (unpaired) electrons. The maximum atomic E-state index is 14.6. The predicted octanol–water partition coefficient (Wildman–Crippen LogP) is 4.92. The Morgan fingerprint density at radius 1 is 1.02 bits per heavy atom. The van der Waals surface area contributed by atoms with Gasteiger partial charge in [-0.3, -0.25) is 15.0 Å². The van der Waals surface area contributed by atoms with Crippen molar-refractivity contribution >= 4 is 33.8 Å². The molecule has 10 nitrogen and oxygen atoms in total. The molecule has 3 aromatic carbocycles. The molecule has 4 N–H and O–H groups in total. The Labute approximate surface area is 296 Å². The van der Waals surface area contributed by atoms with Crippen molar-refractivity contribution < 1.29 is 29.3 Å². The first kappa shape index (κ1) is 36.5. The van der Waals surface area contributed by atoms with Gasteiger partial charge in [-0.25, -0.2) is 9.80 Å². The number of carbonyl (C=O) groups excluding carboxylic acids is 3. The summed E-state index contributed by atoms with van der Waals surface area (Å²) in [5.74, 6) is -0.575. The number of aliphatic hydroxyl groups excluding tert-OH is 2. The van der Waals surface area contributed by atoms with E-state index in [9.17, 15) is 24.6 Å². The Morgan fingerprint density at radius 3 is 2.37 bits per heavy atom. The summed E-state index contributed by atoms with van der Waals surface area (Å²) in [4.78, 5) is 42.1. The van der Waals surface area contributed by atoms with E-state index in [4.69, 9.17) is 4.74 Å². The standard InChI is InChI=1S/C38H47BrN4O6/c1-37(2,3)33(40-36(48)49-4)34(46)41-42(23-26-15-17-28(39)18-16-26)20-10-19-38(22-25-11-6-5-7-12-25)31(45)24-43(35(38)47)32-29-14-9-8-13-27(29)21-30(32)44/h5-9,11-18,30-33,44-45H,10,19-24H2,1-4H3,(H,40,48)(H,41,46)/t30-,31-,32+,33-,38+/m1/s1. The first-order valence-electron chi connectivity index (χ1n) is 16.8. The number of halogens is 1. The van der Waals surface area contributed by atoms with Gasteiger partial charge in [0.1, 0.15) is 6.04 Å². The number of hydrogen-bond acceptors (Lipinski definition) is 7.